The average Bonchev–Trinajstić information content (AvgIpc) is 3.27. The number of allylic oxidation sites excluding steroid dienone is 1. The minimum absolute atomic E-state index is 0.0981. The number of carbonyl (C=O) groups is 1. The Labute approximate surface area is 248 Å². The first kappa shape index (κ1) is 29.2. The Balaban J connectivity index is 1.33. The molecule has 6 heteroatoms. The van der Waals surface area contributed by atoms with Crippen molar-refractivity contribution in [1.82, 2.24) is 0 Å². The van der Waals surface area contributed by atoms with Crippen molar-refractivity contribution in [2.24, 2.45) is 5.92 Å². The summed E-state index contributed by atoms with van der Waals surface area (Å²) in [6.45, 7) is 5.71. The molecule has 3 aromatic rings. The molecule has 41 heavy (non-hydrogen) atoms. The Kier molecular flexibility index (Phi) is 8.77. The fourth-order valence-corrected chi connectivity index (χ4v) is 6.87. The molecule has 1 fully saturated rings. The summed E-state index contributed by atoms with van der Waals surface area (Å²) in [5.74, 6) is 0.977. The minimum atomic E-state index is -0.796. The monoisotopic (exact) mass is 573 g/mol. The lowest BCUT2D eigenvalue weighted by atomic mass is 9.61. The van der Waals surface area contributed by atoms with Gasteiger partial charge in [0.25, 0.3) is 0 Å². The van der Waals surface area contributed by atoms with Crippen LogP contribution in [0, 0.1) is 12.8 Å². The summed E-state index contributed by atoms with van der Waals surface area (Å²) in [5, 5.41) is 4.16. The topological polar surface area (TPSA) is 56.8 Å². The molecule has 0 radical (unpaired) electrons. The zero-order chi connectivity index (χ0) is 29.0. The first-order valence-corrected chi connectivity index (χ1v) is 14.8. The highest BCUT2D eigenvalue weighted by Gasteiger charge is 2.52. The Morgan fingerprint density at radius 2 is 1.73 bits per heavy atom. The van der Waals surface area contributed by atoms with E-state index in [1.807, 2.05) is 48.5 Å². The van der Waals surface area contributed by atoms with Gasteiger partial charge in [-0.2, -0.15) is 0 Å². The third-order valence-corrected chi connectivity index (χ3v) is 9.15. The Morgan fingerprint density at radius 1 is 1.00 bits per heavy atom. The number of carbonyl (C=O) groups excluding carboxylic acids is 1. The highest BCUT2D eigenvalue weighted by Crippen LogP contribution is 2.55. The van der Waals surface area contributed by atoms with Gasteiger partial charge >= 0.3 is 5.97 Å². The van der Waals surface area contributed by atoms with E-state index in [2.05, 4.69) is 43.4 Å². The molecule has 5 rings (SSSR count). The molecule has 3 aromatic carbocycles. The van der Waals surface area contributed by atoms with Crippen molar-refractivity contribution in [2.45, 2.75) is 63.5 Å². The van der Waals surface area contributed by atoms with Gasteiger partial charge in [0.15, 0.2) is 0 Å². The van der Waals surface area contributed by atoms with E-state index in [1.54, 1.807) is 7.11 Å². The molecule has 0 aliphatic heterocycles. The maximum absolute atomic E-state index is 13.3. The number of hydrogen-bond acceptors (Lipinski definition) is 5. The van der Waals surface area contributed by atoms with Crippen LogP contribution in [0.4, 0.5) is 5.69 Å². The van der Waals surface area contributed by atoms with Crippen LogP contribution in [0.25, 0.3) is 6.08 Å². The number of fused-ring (bicyclic) bond motifs is 2. The van der Waals surface area contributed by atoms with Crippen molar-refractivity contribution in [3.05, 3.63) is 99.6 Å². The molecule has 5 nitrogen and oxygen atoms in total. The zero-order valence-corrected chi connectivity index (χ0v) is 25.2. The highest BCUT2D eigenvalue weighted by atomic mass is 35.5. The van der Waals surface area contributed by atoms with Crippen LogP contribution < -0.4 is 10.1 Å². The van der Waals surface area contributed by atoms with Crippen molar-refractivity contribution in [3.8, 4) is 5.75 Å². The molecule has 2 aliphatic carbocycles. The van der Waals surface area contributed by atoms with Crippen LogP contribution in [0.2, 0.25) is 5.02 Å². The van der Waals surface area contributed by atoms with Crippen LogP contribution in [0.5, 0.6) is 5.75 Å². The largest absolute Gasteiger partial charge is 0.497 e. The number of hydrogen-bond donors (Lipinski definition) is 1. The third-order valence-electron chi connectivity index (χ3n) is 8.91. The molecule has 1 N–H and O–H groups in total. The maximum atomic E-state index is 13.3. The molecule has 1 saturated carbocycles. The first-order chi connectivity index (χ1) is 19.8. The molecule has 216 valence electrons. The number of nitrogens with one attached hydrogen (secondary N) is 1. The van der Waals surface area contributed by atoms with E-state index in [0.29, 0.717) is 37.0 Å². The van der Waals surface area contributed by atoms with Gasteiger partial charge in [0, 0.05) is 22.7 Å². The highest BCUT2D eigenvalue weighted by molar-refractivity contribution is 6.30. The second-order valence-electron chi connectivity index (χ2n) is 11.7. The van der Waals surface area contributed by atoms with Crippen molar-refractivity contribution < 1.29 is 19.0 Å². The molecule has 0 amide bonds. The van der Waals surface area contributed by atoms with E-state index >= 15 is 0 Å². The number of aryl methyl sites for hydroxylation is 1. The summed E-state index contributed by atoms with van der Waals surface area (Å²) in [5.41, 5.74) is 6.54. The molecule has 0 unspecified atom stereocenters. The Hall–Kier alpha value is -3.28. The number of esters is 1. The van der Waals surface area contributed by atoms with Crippen LogP contribution in [-0.4, -0.2) is 32.3 Å². The summed E-state index contributed by atoms with van der Waals surface area (Å²) < 4.78 is 16.8. The van der Waals surface area contributed by atoms with E-state index < -0.39 is 5.54 Å². The van der Waals surface area contributed by atoms with Gasteiger partial charge in [0.2, 0.25) is 0 Å². The summed E-state index contributed by atoms with van der Waals surface area (Å²) >= 11 is 6.26. The van der Waals surface area contributed by atoms with Gasteiger partial charge in [-0.25, -0.2) is 4.79 Å². The number of benzene rings is 3. The quantitative estimate of drug-likeness (QED) is 0.248. The van der Waals surface area contributed by atoms with Crippen molar-refractivity contribution in [2.75, 3.05) is 26.1 Å². The second-order valence-corrected chi connectivity index (χ2v) is 12.1. The van der Waals surface area contributed by atoms with Gasteiger partial charge in [-0.05, 0) is 97.5 Å². The van der Waals surface area contributed by atoms with E-state index in [0.717, 1.165) is 36.3 Å². The van der Waals surface area contributed by atoms with Crippen LogP contribution in [0.15, 0.2) is 72.3 Å². The summed E-state index contributed by atoms with van der Waals surface area (Å²) in [4.78, 5) is 13.3. The van der Waals surface area contributed by atoms with E-state index in [4.69, 9.17) is 25.8 Å². The van der Waals surface area contributed by atoms with Gasteiger partial charge < -0.3 is 19.5 Å². The normalized spacial score (nSPS) is 22.1. The molecule has 1 spiro atoms. The molecule has 0 heterocycles. The van der Waals surface area contributed by atoms with E-state index in [9.17, 15) is 4.79 Å². The van der Waals surface area contributed by atoms with Crippen LogP contribution >= 0.6 is 11.6 Å². The Morgan fingerprint density at radius 3 is 2.41 bits per heavy atom. The molecule has 2 aliphatic rings. The van der Waals surface area contributed by atoms with E-state index in [-0.39, 0.29) is 11.4 Å². The zero-order valence-electron chi connectivity index (χ0n) is 24.5. The standard InChI is InChI=1S/C35H40ClNO4/c1-24(22-41-23-26-11-13-30(39-3)14-12-26)19-27-20-31-25(2)7-5-10-32(31)34(27)15-17-35(18-16-34,33(38)40-4)37-29-9-6-8-28(36)21-29/h5-14,20-21,24,37H,15-19,22-23H2,1-4H3/t24-,34?,35?/m1/s1. The SMILES string of the molecule is COC(=O)C1(Nc2cccc(Cl)c2)CCC2(CC1)C(C[C@@H](C)COCc1ccc(OC)cc1)=Cc1c(C)cccc12. The molecule has 1 atom stereocenters. The Bertz CT molecular complexity index is 1410. The molecule has 0 aromatic heterocycles. The number of ether oxygens (including phenoxy) is 3. The van der Waals surface area contributed by atoms with Gasteiger partial charge in [0.1, 0.15) is 11.3 Å². The predicted octanol–water partition coefficient (Wildman–Crippen LogP) is 8.13. The molecular weight excluding hydrogens is 534 g/mol. The van der Waals surface area contributed by atoms with Crippen LogP contribution in [-0.2, 0) is 26.3 Å². The summed E-state index contributed by atoms with van der Waals surface area (Å²) in [6.07, 6.45) is 6.41. The van der Waals surface area contributed by atoms with Crippen LogP contribution in [0.3, 0.4) is 0 Å². The smallest absolute Gasteiger partial charge is 0.331 e. The second kappa shape index (κ2) is 12.3. The number of halogens is 1. The van der Waals surface area contributed by atoms with Gasteiger partial charge in [-0.1, -0.05) is 66.6 Å². The van der Waals surface area contributed by atoms with Crippen molar-refractivity contribution in [3.63, 3.8) is 0 Å². The number of rotatable bonds is 10. The van der Waals surface area contributed by atoms with Crippen molar-refractivity contribution in [1.29, 1.82) is 0 Å². The average molecular weight is 574 g/mol. The fraction of sp³-hybridized carbons (Fsp3) is 0.400. The van der Waals surface area contributed by atoms with Gasteiger partial charge in [-0.15, -0.1) is 0 Å². The number of methoxy groups -OCH3 is 2. The fourth-order valence-electron chi connectivity index (χ4n) is 6.68. The van der Waals surface area contributed by atoms with E-state index in [1.165, 1.54) is 29.4 Å². The molecular formula is C35H40ClNO4. The van der Waals surface area contributed by atoms with Crippen LogP contribution in [0.1, 0.15) is 61.3 Å². The summed E-state index contributed by atoms with van der Waals surface area (Å²) in [7, 11) is 3.15. The van der Waals surface area contributed by atoms with Gasteiger partial charge in [-0.3, -0.25) is 0 Å². The van der Waals surface area contributed by atoms with Crippen molar-refractivity contribution >= 4 is 29.3 Å². The number of anilines is 1. The third kappa shape index (κ3) is 6.02. The van der Waals surface area contributed by atoms with Gasteiger partial charge in [0.05, 0.1) is 20.8 Å². The lowest BCUT2D eigenvalue weighted by Crippen LogP contribution is -2.52. The molecule has 0 bridgehead atoms. The minimum Gasteiger partial charge on any atom is -0.497 e. The predicted molar refractivity (Wildman–Crippen MR) is 166 cm³/mol. The summed E-state index contributed by atoms with van der Waals surface area (Å²) in [6, 6.07) is 22.2. The lowest BCUT2D eigenvalue weighted by molar-refractivity contribution is -0.147. The lowest BCUT2D eigenvalue weighted by Gasteiger charge is -2.46. The maximum Gasteiger partial charge on any atom is 0.331 e. The first-order valence-electron chi connectivity index (χ1n) is 14.4. The molecule has 0 saturated heterocycles.